The van der Waals surface area contributed by atoms with Gasteiger partial charge < -0.3 is 0 Å². The van der Waals surface area contributed by atoms with E-state index in [0.29, 0.717) is 6.17 Å². The molecular formula is C7H18N2S2. The predicted molar refractivity (Wildman–Crippen MR) is 56.6 cm³/mol. The predicted octanol–water partition coefficient (Wildman–Crippen LogP) is 2.19. The van der Waals surface area contributed by atoms with Crippen LogP contribution in [-0.4, -0.2) is 29.5 Å². The Balaban J connectivity index is 3.61. The van der Waals surface area contributed by atoms with Gasteiger partial charge >= 0.3 is 0 Å². The van der Waals surface area contributed by atoms with Crippen LogP contribution in [0.5, 0.6) is 0 Å². The standard InChI is InChI=1S/C7H18N2S2/c1-5-6-9(11-4)7(2)8-10-3/h7-8H,5-6H2,1-4H3. The molecule has 0 saturated carbocycles. The Kier molecular flexibility index (Phi) is 7.69. The Bertz CT molecular complexity index is 90.5. The highest BCUT2D eigenvalue weighted by Gasteiger charge is 2.09. The number of hydrogen-bond acceptors (Lipinski definition) is 4. The summed E-state index contributed by atoms with van der Waals surface area (Å²) in [6, 6.07) is 0. The lowest BCUT2D eigenvalue weighted by Crippen LogP contribution is -2.36. The van der Waals surface area contributed by atoms with Crippen LogP contribution in [0.15, 0.2) is 0 Å². The molecule has 0 aromatic rings. The third-order valence-electron chi connectivity index (χ3n) is 1.40. The van der Waals surface area contributed by atoms with Crippen molar-refractivity contribution < 1.29 is 0 Å². The molecule has 0 heterocycles. The monoisotopic (exact) mass is 194 g/mol. The van der Waals surface area contributed by atoms with E-state index in [9.17, 15) is 0 Å². The van der Waals surface area contributed by atoms with Gasteiger partial charge in [0.15, 0.2) is 0 Å². The molecule has 0 spiro atoms. The van der Waals surface area contributed by atoms with Crippen molar-refractivity contribution in [3.63, 3.8) is 0 Å². The van der Waals surface area contributed by atoms with E-state index < -0.39 is 0 Å². The Morgan fingerprint density at radius 3 is 2.45 bits per heavy atom. The van der Waals surface area contributed by atoms with Crippen molar-refractivity contribution in [2.75, 3.05) is 19.1 Å². The molecule has 2 nitrogen and oxygen atoms in total. The minimum atomic E-state index is 0.458. The quantitative estimate of drug-likeness (QED) is 0.515. The molecule has 1 N–H and O–H groups in total. The summed E-state index contributed by atoms with van der Waals surface area (Å²) in [6.07, 6.45) is 5.84. The number of rotatable bonds is 6. The van der Waals surface area contributed by atoms with E-state index in [2.05, 4.69) is 35.4 Å². The molecular weight excluding hydrogens is 176 g/mol. The normalized spacial score (nSPS) is 13.9. The van der Waals surface area contributed by atoms with E-state index in [1.807, 2.05) is 0 Å². The minimum Gasteiger partial charge on any atom is -0.247 e. The summed E-state index contributed by atoms with van der Waals surface area (Å²) < 4.78 is 5.65. The zero-order valence-electron chi connectivity index (χ0n) is 7.76. The fraction of sp³-hybridized carbons (Fsp3) is 1.00. The van der Waals surface area contributed by atoms with Gasteiger partial charge in [-0.15, -0.1) is 0 Å². The molecule has 0 aliphatic rings. The average Bonchev–Trinajstić information content (AvgIpc) is 2.00. The highest BCUT2D eigenvalue weighted by molar-refractivity contribution is 7.97. The van der Waals surface area contributed by atoms with E-state index in [0.717, 1.165) is 6.54 Å². The SMILES string of the molecule is CCCN(SC)C(C)NSC. The van der Waals surface area contributed by atoms with Gasteiger partial charge in [-0.2, -0.15) is 0 Å². The van der Waals surface area contributed by atoms with Gasteiger partial charge in [0.05, 0.1) is 6.17 Å². The van der Waals surface area contributed by atoms with Crippen molar-refractivity contribution >= 4 is 23.9 Å². The Morgan fingerprint density at radius 1 is 1.45 bits per heavy atom. The Hall–Kier alpha value is 0.620. The maximum atomic E-state index is 3.30. The molecule has 0 radical (unpaired) electrons. The number of nitrogens with one attached hydrogen (secondary N) is 1. The zero-order valence-corrected chi connectivity index (χ0v) is 9.39. The third-order valence-corrected chi connectivity index (χ3v) is 2.94. The second-order valence-corrected chi connectivity index (χ2v) is 3.80. The van der Waals surface area contributed by atoms with Crippen LogP contribution < -0.4 is 4.72 Å². The number of nitrogens with zero attached hydrogens (tertiary/aromatic N) is 1. The first kappa shape index (κ1) is 11.6. The molecule has 0 aromatic heterocycles. The molecule has 1 unspecified atom stereocenters. The maximum absolute atomic E-state index is 3.30. The lowest BCUT2D eigenvalue weighted by molar-refractivity contribution is 0.365. The lowest BCUT2D eigenvalue weighted by atomic mass is 10.4. The molecule has 0 amide bonds. The summed E-state index contributed by atoms with van der Waals surface area (Å²) in [6.45, 7) is 5.54. The largest absolute Gasteiger partial charge is 0.247 e. The van der Waals surface area contributed by atoms with Gasteiger partial charge in [-0.05, 0) is 25.9 Å². The highest BCUT2D eigenvalue weighted by atomic mass is 32.2. The third kappa shape index (κ3) is 4.95. The fourth-order valence-corrected chi connectivity index (χ4v) is 2.16. The first-order valence-electron chi connectivity index (χ1n) is 3.85. The second-order valence-electron chi connectivity index (χ2n) is 2.32. The average molecular weight is 194 g/mol. The van der Waals surface area contributed by atoms with Crippen LogP contribution in [0.2, 0.25) is 0 Å². The van der Waals surface area contributed by atoms with Crippen molar-refractivity contribution in [1.82, 2.24) is 9.03 Å². The zero-order chi connectivity index (χ0) is 8.69. The summed E-state index contributed by atoms with van der Waals surface area (Å²) >= 11 is 3.47. The van der Waals surface area contributed by atoms with Crippen molar-refractivity contribution in [2.45, 2.75) is 26.4 Å². The Labute approximate surface area is 78.8 Å². The topological polar surface area (TPSA) is 15.3 Å². The van der Waals surface area contributed by atoms with E-state index in [-0.39, 0.29) is 0 Å². The van der Waals surface area contributed by atoms with E-state index in [1.54, 1.807) is 23.9 Å². The molecule has 0 rings (SSSR count). The molecule has 11 heavy (non-hydrogen) atoms. The maximum Gasteiger partial charge on any atom is 0.0759 e. The van der Waals surface area contributed by atoms with E-state index >= 15 is 0 Å². The van der Waals surface area contributed by atoms with Crippen LogP contribution >= 0.6 is 23.9 Å². The van der Waals surface area contributed by atoms with Gasteiger partial charge in [0.1, 0.15) is 0 Å². The molecule has 0 aliphatic carbocycles. The van der Waals surface area contributed by atoms with Crippen LogP contribution in [0.25, 0.3) is 0 Å². The van der Waals surface area contributed by atoms with Crippen molar-refractivity contribution in [3.05, 3.63) is 0 Å². The molecule has 1 atom stereocenters. The first-order valence-corrected chi connectivity index (χ1v) is 6.26. The van der Waals surface area contributed by atoms with E-state index in [4.69, 9.17) is 0 Å². The summed E-state index contributed by atoms with van der Waals surface area (Å²) in [4.78, 5) is 0. The smallest absolute Gasteiger partial charge is 0.0759 e. The van der Waals surface area contributed by atoms with Gasteiger partial charge in [0, 0.05) is 6.54 Å². The van der Waals surface area contributed by atoms with Crippen molar-refractivity contribution in [3.8, 4) is 0 Å². The summed E-state index contributed by atoms with van der Waals surface area (Å²) in [5, 5.41) is 0. The fourth-order valence-electron chi connectivity index (χ4n) is 0.893. The van der Waals surface area contributed by atoms with Crippen LogP contribution in [0.4, 0.5) is 0 Å². The molecule has 0 fully saturated rings. The first-order chi connectivity index (χ1) is 5.26. The van der Waals surface area contributed by atoms with Crippen LogP contribution in [0.1, 0.15) is 20.3 Å². The van der Waals surface area contributed by atoms with Crippen LogP contribution in [0.3, 0.4) is 0 Å². The number of hydrogen-bond donors (Lipinski definition) is 1. The Morgan fingerprint density at radius 2 is 2.09 bits per heavy atom. The van der Waals surface area contributed by atoms with Crippen LogP contribution in [-0.2, 0) is 0 Å². The molecule has 0 saturated heterocycles. The highest BCUT2D eigenvalue weighted by Crippen LogP contribution is 2.10. The summed E-state index contributed by atoms with van der Waals surface area (Å²) in [7, 11) is 0. The summed E-state index contributed by atoms with van der Waals surface area (Å²) in [5.41, 5.74) is 0. The van der Waals surface area contributed by atoms with Gasteiger partial charge in [0.25, 0.3) is 0 Å². The molecule has 4 heteroatoms. The van der Waals surface area contributed by atoms with Gasteiger partial charge in [0.2, 0.25) is 0 Å². The summed E-state index contributed by atoms with van der Waals surface area (Å²) in [5.74, 6) is 0. The van der Waals surface area contributed by atoms with E-state index in [1.165, 1.54) is 6.42 Å². The molecule has 0 bridgehead atoms. The molecule has 0 aromatic carbocycles. The molecule has 68 valence electrons. The van der Waals surface area contributed by atoms with Gasteiger partial charge in [-0.25, -0.2) is 9.03 Å². The van der Waals surface area contributed by atoms with Gasteiger partial charge in [-0.3, -0.25) is 0 Å². The van der Waals surface area contributed by atoms with Crippen molar-refractivity contribution in [1.29, 1.82) is 0 Å². The lowest BCUT2D eigenvalue weighted by Gasteiger charge is -2.25. The second kappa shape index (κ2) is 7.28. The van der Waals surface area contributed by atoms with Gasteiger partial charge in [-0.1, -0.05) is 30.8 Å². The minimum absolute atomic E-state index is 0.458. The molecule has 0 aliphatic heterocycles. The van der Waals surface area contributed by atoms with Crippen molar-refractivity contribution in [2.24, 2.45) is 0 Å². The van der Waals surface area contributed by atoms with Crippen LogP contribution in [0, 0.1) is 0 Å².